The summed E-state index contributed by atoms with van der Waals surface area (Å²) in [5.74, 6) is -0.397. The van der Waals surface area contributed by atoms with Gasteiger partial charge in [-0.2, -0.15) is 0 Å². The Bertz CT molecular complexity index is 548. The average Bonchev–Trinajstić information content (AvgIpc) is 2.31. The van der Waals surface area contributed by atoms with Gasteiger partial charge in [-0.25, -0.2) is 0 Å². The molecule has 0 aliphatic carbocycles. The standard InChI is InChI=1S/C12H16N2O5/c1-8(2)7-19-11(15)6-13-9(3)4-5-10(12(13)16)14(17)18/h4-5,8H,6-7H2,1-3H3. The molecule has 0 aromatic carbocycles. The molecule has 0 aliphatic heterocycles. The molecule has 104 valence electrons. The van der Waals surface area contributed by atoms with Crippen LogP contribution in [0.15, 0.2) is 16.9 Å². The van der Waals surface area contributed by atoms with Gasteiger partial charge in [0.2, 0.25) is 0 Å². The molecule has 0 spiro atoms. The number of aryl methyl sites for hydroxylation is 1. The molecule has 0 amide bonds. The Morgan fingerprint density at radius 3 is 2.63 bits per heavy atom. The van der Waals surface area contributed by atoms with Crippen LogP contribution in [0.1, 0.15) is 19.5 Å². The number of carbonyl (C=O) groups is 1. The van der Waals surface area contributed by atoms with Crippen molar-refractivity contribution in [2.24, 2.45) is 5.92 Å². The molecule has 19 heavy (non-hydrogen) atoms. The molecular weight excluding hydrogens is 252 g/mol. The number of aromatic nitrogens is 1. The Labute approximate surface area is 110 Å². The lowest BCUT2D eigenvalue weighted by Gasteiger charge is -2.10. The lowest BCUT2D eigenvalue weighted by atomic mass is 10.2. The fourth-order valence-corrected chi connectivity index (χ4v) is 1.43. The van der Waals surface area contributed by atoms with Gasteiger partial charge >= 0.3 is 17.2 Å². The first-order valence-corrected chi connectivity index (χ1v) is 5.83. The van der Waals surface area contributed by atoms with Crippen LogP contribution in [0.3, 0.4) is 0 Å². The quantitative estimate of drug-likeness (QED) is 0.455. The van der Waals surface area contributed by atoms with E-state index in [0.717, 1.165) is 10.6 Å². The van der Waals surface area contributed by atoms with Gasteiger partial charge < -0.3 is 4.74 Å². The second-order valence-corrected chi connectivity index (χ2v) is 4.59. The zero-order valence-electron chi connectivity index (χ0n) is 11.1. The van der Waals surface area contributed by atoms with Crippen LogP contribution in [0.2, 0.25) is 0 Å². The molecule has 7 heteroatoms. The molecule has 1 aromatic rings. The van der Waals surface area contributed by atoms with Crippen molar-refractivity contribution in [3.63, 3.8) is 0 Å². The van der Waals surface area contributed by atoms with Crippen LogP contribution in [0, 0.1) is 23.0 Å². The molecule has 0 saturated carbocycles. The Balaban J connectivity index is 2.95. The second-order valence-electron chi connectivity index (χ2n) is 4.59. The van der Waals surface area contributed by atoms with E-state index in [-0.39, 0.29) is 19.1 Å². The molecule has 0 atom stereocenters. The lowest BCUT2D eigenvalue weighted by Crippen LogP contribution is -2.29. The van der Waals surface area contributed by atoms with E-state index in [2.05, 4.69) is 0 Å². The smallest absolute Gasteiger partial charge is 0.334 e. The largest absolute Gasteiger partial charge is 0.464 e. The predicted octanol–water partition coefficient (Wildman–Crippen LogP) is 1.26. The van der Waals surface area contributed by atoms with E-state index in [4.69, 9.17) is 4.74 Å². The summed E-state index contributed by atoms with van der Waals surface area (Å²) in [6.07, 6.45) is 0. The van der Waals surface area contributed by atoms with Crippen molar-refractivity contribution in [2.75, 3.05) is 6.61 Å². The van der Waals surface area contributed by atoms with E-state index in [1.54, 1.807) is 6.92 Å². The maximum absolute atomic E-state index is 11.8. The SMILES string of the molecule is Cc1ccc([N+](=O)[O-])c(=O)n1CC(=O)OCC(C)C. The summed E-state index contributed by atoms with van der Waals surface area (Å²) in [5, 5.41) is 10.7. The molecule has 1 rings (SSSR count). The summed E-state index contributed by atoms with van der Waals surface area (Å²) < 4.78 is 5.99. The van der Waals surface area contributed by atoms with Crippen molar-refractivity contribution in [2.45, 2.75) is 27.3 Å². The van der Waals surface area contributed by atoms with Crippen molar-refractivity contribution < 1.29 is 14.5 Å². The summed E-state index contributed by atoms with van der Waals surface area (Å²) in [7, 11) is 0. The van der Waals surface area contributed by atoms with E-state index in [1.165, 1.54) is 6.07 Å². The normalized spacial score (nSPS) is 10.5. The molecule has 0 N–H and O–H groups in total. The van der Waals surface area contributed by atoms with E-state index < -0.39 is 22.1 Å². The number of hydrogen-bond acceptors (Lipinski definition) is 5. The first kappa shape index (κ1) is 14.9. The van der Waals surface area contributed by atoms with E-state index in [9.17, 15) is 19.7 Å². The maximum Gasteiger partial charge on any atom is 0.334 e. The van der Waals surface area contributed by atoms with Gasteiger partial charge in [0.1, 0.15) is 6.54 Å². The molecule has 0 fully saturated rings. The van der Waals surface area contributed by atoms with Gasteiger partial charge in [0.25, 0.3) is 0 Å². The molecule has 0 bridgehead atoms. The maximum atomic E-state index is 11.8. The van der Waals surface area contributed by atoms with Gasteiger partial charge in [0.05, 0.1) is 11.5 Å². The topological polar surface area (TPSA) is 91.4 Å². The minimum absolute atomic E-state index is 0.187. The minimum atomic E-state index is -0.800. The predicted molar refractivity (Wildman–Crippen MR) is 67.9 cm³/mol. The molecule has 1 heterocycles. The van der Waals surface area contributed by atoms with Crippen LogP contribution in [0.4, 0.5) is 5.69 Å². The third-order valence-electron chi connectivity index (χ3n) is 2.43. The number of hydrogen-bond donors (Lipinski definition) is 0. The first-order valence-electron chi connectivity index (χ1n) is 5.83. The Morgan fingerprint density at radius 1 is 1.47 bits per heavy atom. The van der Waals surface area contributed by atoms with Gasteiger partial charge in [-0.3, -0.25) is 24.3 Å². The monoisotopic (exact) mass is 268 g/mol. The van der Waals surface area contributed by atoms with Gasteiger partial charge in [0.15, 0.2) is 0 Å². The lowest BCUT2D eigenvalue weighted by molar-refractivity contribution is -0.386. The van der Waals surface area contributed by atoms with Crippen LogP contribution in [-0.2, 0) is 16.1 Å². The fraction of sp³-hybridized carbons (Fsp3) is 0.500. The fourth-order valence-electron chi connectivity index (χ4n) is 1.43. The Kier molecular flexibility index (Phi) is 4.80. The van der Waals surface area contributed by atoms with Crippen molar-refractivity contribution in [3.05, 3.63) is 38.3 Å². The summed E-state index contributed by atoms with van der Waals surface area (Å²) >= 11 is 0. The zero-order chi connectivity index (χ0) is 14.6. The summed E-state index contributed by atoms with van der Waals surface area (Å²) in [6, 6.07) is 2.56. The second kappa shape index (κ2) is 6.12. The highest BCUT2D eigenvalue weighted by atomic mass is 16.6. The van der Waals surface area contributed by atoms with Crippen molar-refractivity contribution in [1.29, 1.82) is 0 Å². The molecule has 0 radical (unpaired) electrons. The number of nitro groups is 1. The molecule has 7 nitrogen and oxygen atoms in total. The van der Waals surface area contributed by atoms with Crippen LogP contribution in [0.5, 0.6) is 0 Å². The summed E-state index contributed by atoms with van der Waals surface area (Å²) in [5.41, 5.74) is -0.883. The van der Waals surface area contributed by atoms with Crippen LogP contribution < -0.4 is 5.56 Å². The number of rotatable bonds is 5. The molecule has 0 saturated heterocycles. The van der Waals surface area contributed by atoms with Gasteiger partial charge in [-0.1, -0.05) is 13.8 Å². The highest BCUT2D eigenvalue weighted by Gasteiger charge is 2.17. The van der Waals surface area contributed by atoms with Crippen LogP contribution in [-0.4, -0.2) is 22.1 Å². The molecular formula is C12H16N2O5. The average molecular weight is 268 g/mol. The minimum Gasteiger partial charge on any atom is -0.464 e. The Hall–Kier alpha value is -2.18. The van der Waals surface area contributed by atoms with E-state index in [0.29, 0.717) is 5.69 Å². The number of carbonyl (C=O) groups excluding carboxylic acids is 1. The van der Waals surface area contributed by atoms with Gasteiger partial charge in [0, 0.05) is 11.8 Å². The number of esters is 1. The van der Waals surface area contributed by atoms with E-state index in [1.807, 2.05) is 13.8 Å². The Morgan fingerprint density at radius 2 is 2.11 bits per heavy atom. The zero-order valence-corrected chi connectivity index (χ0v) is 11.1. The van der Waals surface area contributed by atoms with Gasteiger partial charge in [-0.15, -0.1) is 0 Å². The van der Waals surface area contributed by atoms with E-state index >= 15 is 0 Å². The highest BCUT2D eigenvalue weighted by Crippen LogP contribution is 2.06. The summed E-state index contributed by atoms with van der Waals surface area (Å²) in [6.45, 7) is 5.30. The first-order chi connectivity index (χ1) is 8.82. The van der Waals surface area contributed by atoms with Gasteiger partial charge in [-0.05, 0) is 18.9 Å². The van der Waals surface area contributed by atoms with Crippen molar-refractivity contribution >= 4 is 11.7 Å². The molecule has 0 unspecified atom stereocenters. The molecule has 1 aromatic heterocycles. The number of ether oxygens (including phenoxy) is 1. The van der Waals surface area contributed by atoms with Crippen molar-refractivity contribution in [1.82, 2.24) is 4.57 Å². The van der Waals surface area contributed by atoms with Crippen molar-refractivity contribution in [3.8, 4) is 0 Å². The van der Waals surface area contributed by atoms with Crippen LogP contribution in [0.25, 0.3) is 0 Å². The summed E-state index contributed by atoms with van der Waals surface area (Å²) in [4.78, 5) is 33.3. The number of nitrogens with zero attached hydrogens (tertiary/aromatic N) is 2. The molecule has 0 aliphatic rings. The highest BCUT2D eigenvalue weighted by molar-refractivity contribution is 5.69. The number of pyridine rings is 1. The third-order valence-corrected chi connectivity index (χ3v) is 2.43. The third kappa shape index (κ3) is 3.90. The van der Waals surface area contributed by atoms with Crippen LogP contribution >= 0.6 is 0 Å².